The predicted octanol–water partition coefficient (Wildman–Crippen LogP) is 4.72. The number of aryl methyl sites for hydroxylation is 1. The molecule has 3 amide bonds. The molecule has 1 fully saturated rings. The summed E-state index contributed by atoms with van der Waals surface area (Å²) in [6.07, 6.45) is -0.142. The van der Waals surface area contributed by atoms with Gasteiger partial charge in [0.05, 0.1) is 6.10 Å². The number of nitrogens with zero attached hydrogens (tertiary/aromatic N) is 1. The minimum atomic E-state index is -2.73. The molecular weight excluding hydrogens is 440 g/mol. The average Bonchev–Trinajstić information content (AvgIpc) is 3.19. The van der Waals surface area contributed by atoms with E-state index in [1.54, 1.807) is 42.5 Å². The van der Waals surface area contributed by atoms with Gasteiger partial charge in [0.15, 0.2) is 0 Å². The number of anilines is 2. The Balaban J connectivity index is 1.47. The van der Waals surface area contributed by atoms with Gasteiger partial charge in [-0.2, -0.15) is 0 Å². The van der Waals surface area contributed by atoms with E-state index in [4.69, 9.17) is 16.3 Å². The van der Waals surface area contributed by atoms with Crippen molar-refractivity contribution in [2.24, 2.45) is 0 Å². The number of alkyl halides is 2. The highest BCUT2D eigenvalue weighted by atomic mass is 35.5. The number of amides is 3. The lowest BCUT2D eigenvalue weighted by Gasteiger charge is -2.26. The van der Waals surface area contributed by atoms with Crippen molar-refractivity contribution < 1.29 is 23.1 Å². The van der Waals surface area contributed by atoms with Crippen LogP contribution in [0.5, 0.6) is 0 Å². The topological polar surface area (TPSA) is 70.7 Å². The number of ether oxygens (including phenoxy) is 1. The standard InChI is InChI=1S/C23H24ClF2N3O3/c1-32-19-11-20(29(13-19)22(31)28-17-6-3-16(24)4-7-17)21(30)27-18-5-2-14-8-9-23(25,26)12-15(14)10-18/h2-7,10,19-20H,8-9,11-13H2,1H3,(H,27,30)(H,28,31). The van der Waals surface area contributed by atoms with Crippen molar-refractivity contribution in [2.45, 2.75) is 43.8 Å². The molecular formula is C23H24ClF2N3O3. The van der Waals surface area contributed by atoms with Crippen molar-refractivity contribution in [1.29, 1.82) is 0 Å². The second-order valence-electron chi connectivity index (χ2n) is 8.20. The maximum Gasteiger partial charge on any atom is 0.322 e. The van der Waals surface area contributed by atoms with Gasteiger partial charge in [-0.1, -0.05) is 17.7 Å². The van der Waals surface area contributed by atoms with Crippen LogP contribution < -0.4 is 10.6 Å². The summed E-state index contributed by atoms with van der Waals surface area (Å²) in [4.78, 5) is 27.3. The first-order chi connectivity index (χ1) is 15.2. The molecule has 0 radical (unpaired) electrons. The van der Waals surface area contributed by atoms with Gasteiger partial charge in [-0.15, -0.1) is 0 Å². The van der Waals surface area contributed by atoms with Crippen molar-refractivity contribution in [3.63, 3.8) is 0 Å². The van der Waals surface area contributed by atoms with Crippen LogP contribution in [0.1, 0.15) is 24.0 Å². The Morgan fingerprint density at radius 1 is 1.09 bits per heavy atom. The molecule has 0 spiro atoms. The molecule has 2 aromatic carbocycles. The van der Waals surface area contributed by atoms with Crippen molar-refractivity contribution in [3.05, 3.63) is 58.6 Å². The average molecular weight is 464 g/mol. The number of methoxy groups -OCH3 is 1. The third-order valence-electron chi connectivity index (χ3n) is 5.94. The minimum absolute atomic E-state index is 0.163. The Morgan fingerprint density at radius 3 is 2.53 bits per heavy atom. The van der Waals surface area contributed by atoms with Crippen LogP contribution in [0.25, 0.3) is 0 Å². The first-order valence-electron chi connectivity index (χ1n) is 10.4. The molecule has 2 aliphatic rings. The van der Waals surface area contributed by atoms with E-state index in [2.05, 4.69) is 10.6 Å². The molecule has 1 saturated heterocycles. The molecule has 170 valence electrons. The number of benzene rings is 2. The smallest absolute Gasteiger partial charge is 0.322 e. The highest BCUT2D eigenvalue weighted by Crippen LogP contribution is 2.34. The van der Waals surface area contributed by atoms with Crippen molar-refractivity contribution >= 4 is 34.9 Å². The number of hydrogen-bond acceptors (Lipinski definition) is 3. The number of hydrogen-bond donors (Lipinski definition) is 2. The monoisotopic (exact) mass is 463 g/mol. The summed E-state index contributed by atoms with van der Waals surface area (Å²) in [5.41, 5.74) is 2.40. The summed E-state index contributed by atoms with van der Waals surface area (Å²) in [6.45, 7) is 0.254. The zero-order valence-electron chi connectivity index (χ0n) is 17.5. The van der Waals surface area contributed by atoms with Gasteiger partial charge >= 0.3 is 6.03 Å². The molecule has 1 heterocycles. The molecule has 1 aliphatic heterocycles. The van der Waals surface area contributed by atoms with Gasteiger partial charge in [0.25, 0.3) is 5.92 Å². The van der Waals surface area contributed by atoms with Gasteiger partial charge in [-0.25, -0.2) is 13.6 Å². The van der Waals surface area contributed by atoms with Gasteiger partial charge in [-0.3, -0.25) is 4.79 Å². The van der Waals surface area contributed by atoms with Gasteiger partial charge in [-0.05, 0) is 53.9 Å². The van der Waals surface area contributed by atoms with E-state index in [-0.39, 0.29) is 25.5 Å². The number of nitrogens with one attached hydrogen (secondary N) is 2. The van der Waals surface area contributed by atoms with Crippen LogP contribution in [0, 0.1) is 0 Å². The van der Waals surface area contributed by atoms with E-state index in [0.717, 1.165) is 5.56 Å². The molecule has 9 heteroatoms. The van der Waals surface area contributed by atoms with Crippen LogP contribution in [0.3, 0.4) is 0 Å². The molecule has 6 nitrogen and oxygen atoms in total. The SMILES string of the molecule is COC1CC(C(=O)Nc2ccc3c(c2)CC(F)(F)CC3)N(C(=O)Nc2ccc(Cl)cc2)C1. The molecule has 2 N–H and O–H groups in total. The van der Waals surface area contributed by atoms with Crippen LogP contribution in [-0.2, 0) is 22.4 Å². The number of carbonyl (C=O) groups is 2. The molecule has 4 rings (SSSR count). The van der Waals surface area contributed by atoms with E-state index < -0.39 is 23.9 Å². The van der Waals surface area contributed by atoms with E-state index in [1.165, 1.54) is 12.0 Å². The summed E-state index contributed by atoms with van der Waals surface area (Å²) in [7, 11) is 1.53. The maximum absolute atomic E-state index is 13.8. The highest BCUT2D eigenvalue weighted by Gasteiger charge is 2.40. The van der Waals surface area contributed by atoms with Crippen LogP contribution in [0.2, 0.25) is 5.02 Å². The predicted molar refractivity (Wildman–Crippen MR) is 118 cm³/mol. The summed E-state index contributed by atoms with van der Waals surface area (Å²) in [5.74, 6) is -3.12. The van der Waals surface area contributed by atoms with Gasteiger partial charge in [0, 0.05) is 49.3 Å². The second kappa shape index (κ2) is 9.03. The number of urea groups is 1. The van der Waals surface area contributed by atoms with Crippen molar-refractivity contribution in [3.8, 4) is 0 Å². The van der Waals surface area contributed by atoms with Crippen LogP contribution in [0.15, 0.2) is 42.5 Å². The molecule has 2 aromatic rings. The fraction of sp³-hybridized carbons (Fsp3) is 0.391. The summed E-state index contributed by atoms with van der Waals surface area (Å²) in [6, 6.07) is 10.5. The number of likely N-dealkylation sites (tertiary alicyclic amines) is 1. The van der Waals surface area contributed by atoms with Gasteiger partial charge < -0.3 is 20.3 Å². The summed E-state index contributed by atoms with van der Waals surface area (Å²) < 4.78 is 33.0. The molecule has 1 aliphatic carbocycles. The fourth-order valence-electron chi connectivity index (χ4n) is 4.19. The lowest BCUT2D eigenvalue weighted by Crippen LogP contribution is -2.45. The zero-order chi connectivity index (χ0) is 22.9. The van der Waals surface area contributed by atoms with E-state index in [0.29, 0.717) is 34.8 Å². The lowest BCUT2D eigenvalue weighted by atomic mass is 9.89. The van der Waals surface area contributed by atoms with Crippen molar-refractivity contribution in [2.75, 3.05) is 24.3 Å². The first-order valence-corrected chi connectivity index (χ1v) is 10.8. The number of fused-ring (bicyclic) bond motifs is 1. The number of carbonyl (C=O) groups excluding carboxylic acids is 2. The molecule has 0 saturated carbocycles. The molecule has 32 heavy (non-hydrogen) atoms. The third kappa shape index (κ3) is 5.02. The number of halogens is 3. The Morgan fingerprint density at radius 2 is 1.81 bits per heavy atom. The van der Waals surface area contributed by atoms with Crippen LogP contribution in [0.4, 0.5) is 25.0 Å². The summed E-state index contributed by atoms with van der Waals surface area (Å²) in [5, 5.41) is 6.09. The van der Waals surface area contributed by atoms with Crippen molar-refractivity contribution in [1.82, 2.24) is 4.90 Å². The van der Waals surface area contributed by atoms with E-state index in [9.17, 15) is 18.4 Å². The molecule has 2 unspecified atom stereocenters. The van der Waals surface area contributed by atoms with Gasteiger partial charge in [0.1, 0.15) is 6.04 Å². The minimum Gasteiger partial charge on any atom is -0.380 e. The Labute approximate surface area is 189 Å². The highest BCUT2D eigenvalue weighted by molar-refractivity contribution is 6.30. The summed E-state index contributed by atoms with van der Waals surface area (Å²) >= 11 is 5.88. The molecule has 0 bridgehead atoms. The third-order valence-corrected chi connectivity index (χ3v) is 6.19. The largest absolute Gasteiger partial charge is 0.380 e. The van der Waals surface area contributed by atoms with Crippen LogP contribution in [-0.4, -0.2) is 48.6 Å². The van der Waals surface area contributed by atoms with Crippen LogP contribution >= 0.6 is 11.6 Å². The lowest BCUT2D eigenvalue weighted by molar-refractivity contribution is -0.119. The Bertz CT molecular complexity index is 1020. The van der Waals surface area contributed by atoms with E-state index >= 15 is 0 Å². The molecule has 2 atom stereocenters. The zero-order valence-corrected chi connectivity index (χ0v) is 18.3. The first kappa shape index (κ1) is 22.5. The van der Waals surface area contributed by atoms with E-state index in [1.807, 2.05) is 0 Å². The molecule has 0 aromatic heterocycles. The fourth-order valence-corrected chi connectivity index (χ4v) is 4.32. The maximum atomic E-state index is 13.8. The second-order valence-corrected chi connectivity index (χ2v) is 8.64. The number of rotatable bonds is 4. The normalized spacial score (nSPS) is 21.7. The quantitative estimate of drug-likeness (QED) is 0.689. The Kier molecular flexibility index (Phi) is 6.35. The van der Waals surface area contributed by atoms with Gasteiger partial charge in [0.2, 0.25) is 5.91 Å². The Hall–Kier alpha value is -2.71.